The third-order valence-electron chi connectivity index (χ3n) is 1.33. The number of H-pyrrole nitrogens is 1. The molecule has 0 aromatic carbocycles. The van der Waals surface area contributed by atoms with Gasteiger partial charge in [-0.15, -0.1) is 0 Å². The summed E-state index contributed by atoms with van der Waals surface area (Å²) in [5.41, 5.74) is 1.24. The summed E-state index contributed by atoms with van der Waals surface area (Å²) >= 11 is 16.2. The van der Waals surface area contributed by atoms with Crippen molar-refractivity contribution in [1.82, 2.24) is 4.98 Å². The van der Waals surface area contributed by atoms with Gasteiger partial charge in [0.25, 0.3) is 3.79 Å². The first kappa shape index (κ1) is 13.8. The number of aromatic amines is 1. The first-order valence-electron chi connectivity index (χ1n) is 4.18. The molecule has 0 saturated carbocycles. The van der Waals surface area contributed by atoms with Gasteiger partial charge >= 0.3 is 0 Å². The first-order valence-corrected chi connectivity index (χ1v) is 5.31. The van der Waals surface area contributed by atoms with Crippen LogP contribution in [0.15, 0.2) is 12.3 Å². The van der Waals surface area contributed by atoms with Crippen LogP contribution in [0.4, 0.5) is 0 Å². The van der Waals surface area contributed by atoms with Crippen LogP contribution in [0.25, 0.3) is 0 Å². The largest absolute Gasteiger partial charge is 0.358 e. The highest BCUT2D eigenvalue weighted by Gasteiger charge is 2.32. The Hall–Kier alpha value is -0.180. The Balaban J connectivity index is 0.000000791. The highest BCUT2D eigenvalue weighted by atomic mass is 35.6. The van der Waals surface area contributed by atoms with E-state index in [9.17, 15) is 4.79 Å². The number of rotatable bonds is 1. The van der Waals surface area contributed by atoms with Crippen LogP contribution in [0, 0.1) is 6.92 Å². The predicted molar refractivity (Wildman–Crippen MR) is 61.5 cm³/mol. The molecule has 0 spiro atoms. The van der Waals surface area contributed by atoms with Crippen LogP contribution in [0.3, 0.4) is 0 Å². The van der Waals surface area contributed by atoms with Crippen LogP contribution in [0.5, 0.6) is 0 Å². The number of halogens is 3. The van der Waals surface area contributed by atoms with Crippen molar-refractivity contribution in [2.45, 2.75) is 24.6 Å². The molecule has 5 heteroatoms. The molecule has 0 atom stereocenters. The maximum absolute atomic E-state index is 11.3. The van der Waals surface area contributed by atoms with E-state index in [2.05, 4.69) is 4.98 Å². The number of aromatic nitrogens is 1. The van der Waals surface area contributed by atoms with Crippen LogP contribution >= 0.6 is 34.8 Å². The number of aryl methyl sites for hydroxylation is 1. The standard InChI is InChI=1S/C7H6Cl3NO.C2H6/c1-4-2-5(11-3-4)6(12)7(8,9)10;1-2/h2-3,11H,1H3;1-2H3. The number of nitrogens with one attached hydrogen (secondary N) is 1. The van der Waals surface area contributed by atoms with Crippen molar-refractivity contribution in [2.24, 2.45) is 0 Å². The molecule has 0 fully saturated rings. The summed E-state index contributed by atoms with van der Waals surface area (Å²) in [6, 6.07) is 1.63. The third kappa shape index (κ3) is 3.91. The zero-order chi connectivity index (χ0) is 11.4. The van der Waals surface area contributed by atoms with Gasteiger partial charge in [-0.1, -0.05) is 48.7 Å². The molecule has 0 aliphatic heterocycles. The van der Waals surface area contributed by atoms with Crippen LogP contribution in [0.2, 0.25) is 0 Å². The topological polar surface area (TPSA) is 32.9 Å². The zero-order valence-electron chi connectivity index (χ0n) is 8.20. The van der Waals surface area contributed by atoms with Crippen molar-refractivity contribution in [3.05, 3.63) is 23.5 Å². The smallest absolute Gasteiger partial charge is 0.254 e. The number of hydrogen-bond acceptors (Lipinski definition) is 1. The van der Waals surface area contributed by atoms with Gasteiger partial charge in [0.05, 0.1) is 5.69 Å². The minimum absolute atomic E-state index is 0.313. The Labute approximate surface area is 98.5 Å². The maximum Gasteiger partial charge on any atom is 0.254 e. The monoisotopic (exact) mass is 255 g/mol. The summed E-state index contributed by atoms with van der Waals surface area (Å²) in [5, 5.41) is 0. The van der Waals surface area contributed by atoms with Crippen molar-refractivity contribution in [3.8, 4) is 0 Å². The Morgan fingerprint density at radius 1 is 1.36 bits per heavy atom. The highest BCUT2D eigenvalue weighted by Crippen LogP contribution is 2.30. The lowest BCUT2D eigenvalue weighted by molar-refractivity contribution is 0.0992. The van der Waals surface area contributed by atoms with E-state index in [1.54, 1.807) is 12.3 Å². The average Bonchev–Trinajstić information content (AvgIpc) is 2.52. The Morgan fingerprint density at radius 2 is 1.86 bits per heavy atom. The number of carbonyl (C=O) groups is 1. The van der Waals surface area contributed by atoms with Crippen molar-refractivity contribution in [2.75, 3.05) is 0 Å². The summed E-state index contributed by atoms with van der Waals surface area (Å²) in [4.78, 5) is 14.0. The molecular formula is C9H12Cl3NO. The zero-order valence-corrected chi connectivity index (χ0v) is 10.5. The minimum atomic E-state index is -1.88. The van der Waals surface area contributed by atoms with Crippen molar-refractivity contribution >= 4 is 40.6 Å². The highest BCUT2D eigenvalue weighted by molar-refractivity contribution is 6.77. The van der Waals surface area contributed by atoms with Gasteiger partial charge in [-0.2, -0.15) is 0 Å². The number of Topliss-reactive ketones (excluding diaryl/α,β-unsaturated/α-hetero) is 1. The Bertz CT molecular complexity index is 301. The van der Waals surface area contributed by atoms with E-state index < -0.39 is 9.58 Å². The summed E-state index contributed by atoms with van der Waals surface area (Å²) in [5.74, 6) is -0.541. The second-order valence-corrected chi connectivity index (χ2v) is 4.70. The van der Waals surface area contributed by atoms with Gasteiger partial charge < -0.3 is 4.98 Å². The molecule has 2 nitrogen and oxygen atoms in total. The predicted octanol–water partition coefficient (Wildman–Crippen LogP) is 3.90. The second kappa shape index (κ2) is 5.64. The number of ketones is 1. The minimum Gasteiger partial charge on any atom is -0.358 e. The van der Waals surface area contributed by atoms with Gasteiger partial charge in [-0.3, -0.25) is 4.79 Å². The second-order valence-electron chi connectivity index (χ2n) is 2.42. The van der Waals surface area contributed by atoms with Gasteiger partial charge in [-0.05, 0) is 18.6 Å². The summed E-state index contributed by atoms with van der Waals surface area (Å²) in [6.45, 7) is 5.84. The number of hydrogen-bond donors (Lipinski definition) is 1. The molecule has 0 bridgehead atoms. The molecule has 1 rings (SSSR count). The van der Waals surface area contributed by atoms with Gasteiger partial charge in [0, 0.05) is 6.20 Å². The molecule has 0 aliphatic carbocycles. The molecule has 0 saturated heterocycles. The fourth-order valence-electron chi connectivity index (χ4n) is 0.786. The molecule has 14 heavy (non-hydrogen) atoms. The van der Waals surface area contributed by atoms with Crippen LogP contribution in [-0.2, 0) is 0 Å². The van der Waals surface area contributed by atoms with Crippen molar-refractivity contribution < 1.29 is 4.79 Å². The number of carbonyl (C=O) groups excluding carboxylic acids is 1. The summed E-state index contributed by atoms with van der Waals surface area (Å²) in [6.07, 6.45) is 1.67. The van der Waals surface area contributed by atoms with E-state index in [0.717, 1.165) is 5.56 Å². The van der Waals surface area contributed by atoms with Crippen molar-refractivity contribution in [3.63, 3.8) is 0 Å². The normalized spacial score (nSPS) is 10.4. The molecule has 1 aromatic heterocycles. The SMILES string of the molecule is CC.Cc1c[nH]c(C(=O)C(Cl)(Cl)Cl)c1. The fourth-order valence-corrected chi connectivity index (χ4v) is 1.09. The molecule has 1 N–H and O–H groups in total. The molecule has 80 valence electrons. The Kier molecular flexibility index (Phi) is 5.57. The van der Waals surface area contributed by atoms with Gasteiger partial charge in [0.15, 0.2) is 0 Å². The quantitative estimate of drug-likeness (QED) is 0.600. The lowest BCUT2D eigenvalue weighted by Gasteiger charge is -2.06. The average molecular weight is 257 g/mol. The van der Waals surface area contributed by atoms with Gasteiger partial charge in [0.1, 0.15) is 0 Å². The summed E-state index contributed by atoms with van der Waals surface area (Å²) in [7, 11) is 0. The van der Waals surface area contributed by atoms with Crippen LogP contribution in [0.1, 0.15) is 29.9 Å². The van der Waals surface area contributed by atoms with Gasteiger partial charge in [-0.25, -0.2) is 0 Å². The van der Waals surface area contributed by atoms with Crippen LogP contribution < -0.4 is 0 Å². The van der Waals surface area contributed by atoms with E-state index in [1.807, 2.05) is 20.8 Å². The van der Waals surface area contributed by atoms with E-state index in [1.165, 1.54) is 0 Å². The van der Waals surface area contributed by atoms with E-state index in [4.69, 9.17) is 34.8 Å². The molecule has 1 aromatic rings. The van der Waals surface area contributed by atoms with Crippen LogP contribution in [-0.4, -0.2) is 14.6 Å². The first-order chi connectivity index (χ1) is 6.41. The molecule has 1 heterocycles. The number of alkyl halides is 3. The van der Waals surface area contributed by atoms with E-state index in [0.29, 0.717) is 5.69 Å². The van der Waals surface area contributed by atoms with Gasteiger partial charge in [0.2, 0.25) is 5.78 Å². The maximum atomic E-state index is 11.3. The lowest BCUT2D eigenvalue weighted by atomic mass is 10.3. The molecular weight excluding hydrogens is 244 g/mol. The van der Waals surface area contributed by atoms with E-state index in [-0.39, 0.29) is 0 Å². The third-order valence-corrected chi connectivity index (χ3v) is 1.84. The molecule has 0 radical (unpaired) electrons. The lowest BCUT2D eigenvalue weighted by Crippen LogP contribution is -2.19. The molecule has 0 amide bonds. The van der Waals surface area contributed by atoms with E-state index >= 15 is 0 Å². The molecule has 0 unspecified atom stereocenters. The Morgan fingerprint density at radius 3 is 2.14 bits per heavy atom. The summed E-state index contributed by atoms with van der Waals surface area (Å²) < 4.78 is -1.88. The van der Waals surface area contributed by atoms with Crippen molar-refractivity contribution in [1.29, 1.82) is 0 Å². The molecule has 0 aliphatic rings. The fraction of sp³-hybridized carbons (Fsp3) is 0.444.